The number of imidazole rings is 1. The van der Waals surface area contributed by atoms with E-state index >= 15 is 0 Å². The fourth-order valence-electron chi connectivity index (χ4n) is 3.23. The number of carbonyl (C=O) groups is 2. The largest absolute Gasteiger partial charge is 0.481 e. The molecule has 0 spiro atoms. The van der Waals surface area contributed by atoms with Crippen molar-refractivity contribution in [3.63, 3.8) is 0 Å². The Bertz CT molecular complexity index is 671. The predicted octanol–water partition coefficient (Wildman–Crippen LogP) is 3.34. The van der Waals surface area contributed by atoms with Crippen molar-refractivity contribution < 1.29 is 23.5 Å². The third kappa shape index (κ3) is 12.7. The quantitative estimate of drug-likeness (QED) is 0.229. The van der Waals surface area contributed by atoms with Crippen LogP contribution in [0.15, 0.2) is 12.5 Å². The van der Waals surface area contributed by atoms with Gasteiger partial charge in [0, 0.05) is 37.8 Å². The van der Waals surface area contributed by atoms with Gasteiger partial charge in [-0.2, -0.15) is 0 Å². The minimum Gasteiger partial charge on any atom is -0.481 e. The third-order valence-corrected chi connectivity index (χ3v) is 10.1. The summed E-state index contributed by atoms with van der Waals surface area (Å²) in [5.41, 5.74) is 0.991. The molecule has 4 N–H and O–H groups in total. The second-order valence-corrected chi connectivity index (χ2v) is 17.7. The zero-order valence-corrected chi connectivity index (χ0v) is 21.8. The van der Waals surface area contributed by atoms with E-state index in [4.69, 9.17) is 14.0 Å². The highest BCUT2D eigenvalue weighted by atomic mass is 28.4. The lowest BCUT2D eigenvalue weighted by atomic mass is 10.3. The van der Waals surface area contributed by atoms with Crippen LogP contribution < -0.4 is 10.6 Å². The van der Waals surface area contributed by atoms with Gasteiger partial charge in [-0.3, -0.25) is 4.79 Å². The Kier molecular flexibility index (Phi) is 11.5. The van der Waals surface area contributed by atoms with Crippen molar-refractivity contribution >= 4 is 28.6 Å². The van der Waals surface area contributed by atoms with Gasteiger partial charge in [0.25, 0.3) is 0 Å². The Morgan fingerprint density at radius 2 is 1.65 bits per heavy atom. The van der Waals surface area contributed by atoms with Crippen LogP contribution in [0.1, 0.15) is 32.4 Å². The van der Waals surface area contributed by atoms with Gasteiger partial charge in [-0.15, -0.1) is 0 Å². The molecular formula is C20H40N4O5Si2. The molecular weight excluding hydrogens is 432 g/mol. The van der Waals surface area contributed by atoms with Crippen molar-refractivity contribution in [2.75, 3.05) is 13.1 Å². The second-order valence-electron chi connectivity index (χ2n) is 9.17. The fourth-order valence-corrected chi connectivity index (χ4v) is 7.71. The lowest BCUT2D eigenvalue weighted by Crippen LogP contribution is -2.44. The van der Waals surface area contributed by atoms with Crippen molar-refractivity contribution in [2.45, 2.75) is 83.6 Å². The first-order valence-electron chi connectivity index (χ1n) is 11.0. The summed E-state index contributed by atoms with van der Waals surface area (Å²) in [5, 5.41) is 14.6. The number of nitrogens with zero attached hydrogens (tertiary/aromatic N) is 1. The van der Waals surface area contributed by atoms with Crippen LogP contribution in [-0.2, 0) is 20.1 Å². The molecule has 1 rings (SSSR count). The van der Waals surface area contributed by atoms with Gasteiger partial charge in [-0.05, 0) is 58.5 Å². The number of carboxylic acid groups (broad SMARTS) is 1. The van der Waals surface area contributed by atoms with E-state index in [-0.39, 0.29) is 24.7 Å². The van der Waals surface area contributed by atoms with E-state index in [2.05, 4.69) is 33.7 Å². The number of aliphatic carboxylic acids is 1. The lowest BCUT2D eigenvalue weighted by molar-refractivity contribution is -0.136. The average molecular weight is 473 g/mol. The van der Waals surface area contributed by atoms with Crippen LogP contribution in [0, 0.1) is 0 Å². The molecule has 0 fully saturated rings. The van der Waals surface area contributed by atoms with Gasteiger partial charge in [0.2, 0.25) is 0 Å². The van der Waals surface area contributed by atoms with Crippen LogP contribution in [0.25, 0.3) is 0 Å². The molecule has 0 saturated heterocycles. The summed E-state index contributed by atoms with van der Waals surface area (Å²) in [4.78, 5) is 29.7. The van der Waals surface area contributed by atoms with Crippen molar-refractivity contribution in [3.8, 4) is 0 Å². The lowest BCUT2D eigenvalue weighted by Gasteiger charge is -2.34. The number of carbonyl (C=O) groups excluding carboxylic acids is 1. The average Bonchev–Trinajstić information content (AvgIpc) is 3.16. The third-order valence-electron chi connectivity index (χ3n) is 5.09. The molecule has 0 aromatic carbocycles. The van der Waals surface area contributed by atoms with Crippen molar-refractivity contribution in [1.82, 2.24) is 20.6 Å². The summed E-state index contributed by atoms with van der Waals surface area (Å²) in [5.74, 6) is -0.783. The maximum Gasteiger partial charge on any atom is 0.314 e. The molecule has 9 nitrogen and oxygen atoms in total. The van der Waals surface area contributed by atoms with Crippen LogP contribution in [0.3, 0.4) is 0 Å². The summed E-state index contributed by atoms with van der Waals surface area (Å²) in [7, 11) is -3.96. The van der Waals surface area contributed by atoms with Gasteiger partial charge >= 0.3 is 12.0 Å². The monoisotopic (exact) mass is 472 g/mol. The zero-order chi connectivity index (χ0) is 23.5. The van der Waals surface area contributed by atoms with Crippen LogP contribution >= 0.6 is 0 Å². The van der Waals surface area contributed by atoms with E-state index in [0.29, 0.717) is 19.1 Å². The molecule has 0 aliphatic carbocycles. The Labute approximate surface area is 188 Å². The maximum absolute atomic E-state index is 11.9. The maximum atomic E-state index is 11.9. The molecule has 1 heterocycles. The highest BCUT2D eigenvalue weighted by Crippen LogP contribution is 2.22. The summed E-state index contributed by atoms with van der Waals surface area (Å²) >= 11 is 0. The Morgan fingerprint density at radius 3 is 2.19 bits per heavy atom. The highest BCUT2D eigenvalue weighted by Gasteiger charge is 2.31. The van der Waals surface area contributed by atoms with E-state index in [1.54, 1.807) is 12.5 Å². The molecule has 178 valence electrons. The van der Waals surface area contributed by atoms with Gasteiger partial charge in [-0.1, -0.05) is 0 Å². The van der Waals surface area contributed by atoms with Gasteiger partial charge in [0.15, 0.2) is 16.6 Å². The van der Waals surface area contributed by atoms with Crippen LogP contribution in [-0.4, -0.2) is 69.0 Å². The van der Waals surface area contributed by atoms with Crippen molar-refractivity contribution in [1.29, 1.82) is 0 Å². The number of rotatable bonds is 15. The molecule has 2 atom stereocenters. The molecule has 0 radical (unpaired) electrons. The van der Waals surface area contributed by atoms with Gasteiger partial charge < -0.3 is 29.6 Å². The SMILES string of the molecule is CC(O[Si](C)(C)CCCNC(=O)NCCc1cnc[nH]1)C(C)O[Si](C)(C)CCC(=O)O. The van der Waals surface area contributed by atoms with Crippen molar-refractivity contribution in [2.24, 2.45) is 0 Å². The number of hydrogen-bond donors (Lipinski definition) is 4. The Balaban J connectivity index is 2.25. The number of amides is 2. The van der Waals surface area contributed by atoms with Crippen molar-refractivity contribution in [3.05, 3.63) is 18.2 Å². The summed E-state index contributed by atoms with van der Waals surface area (Å²) in [6.07, 6.45) is 4.95. The summed E-state index contributed by atoms with van der Waals surface area (Å²) < 4.78 is 12.6. The van der Waals surface area contributed by atoms with Gasteiger partial charge in [0.05, 0.1) is 18.5 Å². The fraction of sp³-hybridized carbons (Fsp3) is 0.750. The number of urea groups is 1. The van der Waals surface area contributed by atoms with E-state index < -0.39 is 22.6 Å². The minimum atomic E-state index is -2.05. The Hall–Kier alpha value is -1.70. The van der Waals surface area contributed by atoms with Gasteiger partial charge in [-0.25, -0.2) is 9.78 Å². The molecule has 0 saturated carbocycles. The first-order valence-corrected chi connectivity index (χ1v) is 17.2. The number of aromatic nitrogens is 2. The second kappa shape index (κ2) is 13.0. The standard InChI is InChI=1S/C20H40N4O5Si2/c1-16(17(2)29-31(5,6)13-9-19(25)26)28-30(3,4)12-7-10-22-20(27)23-11-8-18-14-21-15-24-18/h14-17H,7-13H2,1-6H3,(H,21,24)(H,25,26)(H2,22,23,27). The smallest absolute Gasteiger partial charge is 0.314 e. The summed E-state index contributed by atoms with van der Waals surface area (Å²) in [6, 6.07) is 1.36. The first kappa shape index (κ1) is 27.3. The van der Waals surface area contributed by atoms with Gasteiger partial charge in [0.1, 0.15) is 0 Å². The molecule has 2 amide bonds. The van der Waals surface area contributed by atoms with E-state index in [1.807, 2.05) is 26.9 Å². The van der Waals surface area contributed by atoms with Crippen LogP contribution in [0.5, 0.6) is 0 Å². The number of H-pyrrole nitrogens is 1. The van der Waals surface area contributed by atoms with E-state index in [9.17, 15) is 9.59 Å². The normalized spacial score (nSPS) is 14.1. The van der Waals surface area contributed by atoms with E-state index in [0.717, 1.165) is 24.6 Å². The zero-order valence-electron chi connectivity index (χ0n) is 19.8. The van der Waals surface area contributed by atoms with E-state index in [1.165, 1.54) is 0 Å². The molecule has 0 aliphatic rings. The molecule has 11 heteroatoms. The molecule has 1 aromatic rings. The number of carboxylic acids is 1. The molecule has 1 aromatic heterocycles. The number of hydrogen-bond acceptors (Lipinski definition) is 5. The molecule has 31 heavy (non-hydrogen) atoms. The number of nitrogens with one attached hydrogen (secondary N) is 3. The molecule has 2 unspecified atom stereocenters. The molecule has 0 aliphatic heterocycles. The van der Waals surface area contributed by atoms with Crippen LogP contribution in [0.2, 0.25) is 38.3 Å². The Morgan fingerprint density at radius 1 is 1.06 bits per heavy atom. The molecule has 0 bridgehead atoms. The summed E-state index contributed by atoms with van der Waals surface area (Å²) in [6.45, 7) is 13.6. The topological polar surface area (TPSA) is 126 Å². The highest BCUT2D eigenvalue weighted by molar-refractivity contribution is 6.71. The van der Waals surface area contributed by atoms with Crippen LogP contribution in [0.4, 0.5) is 4.79 Å². The minimum absolute atomic E-state index is 0.0583. The predicted molar refractivity (Wildman–Crippen MR) is 126 cm³/mol. The number of aromatic amines is 1. The first-order chi connectivity index (χ1) is 14.4.